The number of fused-ring (bicyclic) bond motifs is 1. The van der Waals surface area contributed by atoms with Gasteiger partial charge in [-0.1, -0.05) is 0 Å². The topological polar surface area (TPSA) is 37.8 Å². The van der Waals surface area contributed by atoms with E-state index in [1.165, 1.54) is 25.6 Å². The summed E-state index contributed by atoms with van der Waals surface area (Å²) in [5.74, 6) is 0.943. The van der Waals surface area contributed by atoms with Gasteiger partial charge in [0.1, 0.15) is 17.0 Å². The second-order valence-electron chi connectivity index (χ2n) is 4.55. The summed E-state index contributed by atoms with van der Waals surface area (Å²) in [5.41, 5.74) is 1.28. The molecule has 3 aromatic heterocycles. The van der Waals surface area contributed by atoms with Crippen molar-refractivity contribution in [3.8, 4) is 0 Å². The van der Waals surface area contributed by atoms with Crippen LogP contribution in [0.5, 0.6) is 0 Å². The molecule has 3 rings (SSSR count). The first-order valence-corrected chi connectivity index (χ1v) is 7.78. The van der Waals surface area contributed by atoms with E-state index in [-0.39, 0.29) is 0 Å². The predicted octanol–water partition coefficient (Wildman–Crippen LogP) is 4.29. The molecule has 0 saturated heterocycles. The number of aromatic nitrogens is 2. The minimum absolute atomic E-state index is 0.818. The van der Waals surface area contributed by atoms with Crippen LogP contribution in [0.1, 0.15) is 20.2 Å². The van der Waals surface area contributed by atoms with Gasteiger partial charge in [-0.3, -0.25) is 0 Å². The highest BCUT2D eigenvalue weighted by atomic mass is 32.1. The number of hydrogen-bond donors (Lipinski definition) is 1. The third-order valence-electron chi connectivity index (χ3n) is 3.19. The van der Waals surface area contributed by atoms with E-state index in [9.17, 15) is 0 Å². The van der Waals surface area contributed by atoms with Gasteiger partial charge in [-0.2, -0.15) is 0 Å². The van der Waals surface area contributed by atoms with Gasteiger partial charge in [0.05, 0.1) is 11.9 Å². The van der Waals surface area contributed by atoms with Crippen molar-refractivity contribution in [3.63, 3.8) is 0 Å². The van der Waals surface area contributed by atoms with Crippen LogP contribution >= 0.6 is 22.7 Å². The average Bonchev–Trinajstić information content (AvgIpc) is 2.93. The third-order valence-corrected chi connectivity index (χ3v) is 5.31. The molecule has 3 heterocycles. The van der Waals surface area contributed by atoms with Crippen LogP contribution in [0, 0.1) is 20.8 Å². The van der Waals surface area contributed by atoms with Crippen molar-refractivity contribution in [2.24, 2.45) is 0 Å². The van der Waals surface area contributed by atoms with Crippen molar-refractivity contribution in [3.05, 3.63) is 38.7 Å². The quantitative estimate of drug-likeness (QED) is 0.781. The van der Waals surface area contributed by atoms with Gasteiger partial charge in [-0.25, -0.2) is 9.97 Å². The maximum absolute atomic E-state index is 4.39. The Hall–Kier alpha value is -1.46. The fourth-order valence-corrected chi connectivity index (χ4v) is 3.89. The predicted molar refractivity (Wildman–Crippen MR) is 83.3 cm³/mol. The molecule has 0 fully saturated rings. The Morgan fingerprint density at radius 1 is 1.11 bits per heavy atom. The van der Waals surface area contributed by atoms with Crippen molar-refractivity contribution in [1.29, 1.82) is 0 Å². The second-order valence-corrected chi connectivity index (χ2v) is 7.13. The zero-order chi connectivity index (χ0) is 13.4. The fourth-order valence-electron chi connectivity index (χ4n) is 2.07. The summed E-state index contributed by atoms with van der Waals surface area (Å²) in [4.78, 5) is 13.8. The molecule has 0 spiro atoms. The lowest BCUT2D eigenvalue weighted by Gasteiger charge is -2.05. The summed E-state index contributed by atoms with van der Waals surface area (Å²) < 4.78 is 0. The maximum atomic E-state index is 4.39. The lowest BCUT2D eigenvalue weighted by atomic mass is 10.2. The van der Waals surface area contributed by atoms with Gasteiger partial charge < -0.3 is 5.32 Å². The van der Waals surface area contributed by atoms with Crippen molar-refractivity contribution < 1.29 is 0 Å². The average molecular weight is 289 g/mol. The lowest BCUT2D eigenvalue weighted by molar-refractivity contribution is 1.13. The molecule has 98 valence electrons. The number of thiophene rings is 2. The summed E-state index contributed by atoms with van der Waals surface area (Å²) in [6.45, 7) is 7.22. The summed E-state index contributed by atoms with van der Waals surface area (Å²) in [7, 11) is 0. The normalized spacial score (nSPS) is 11.1. The molecule has 0 aliphatic carbocycles. The molecule has 0 radical (unpaired) electrons. The fraction of sp³-hybridized carbons (Fsp3) is 0.286. The van der Waals surface area contributed by atoms with Crippen LogP contribution in [0.25, 0.3) is 10.2 Å². The Kier molecular flexibility index (Phi) is 3.24. The van der Waals surface area contributed by atoms with Crippen LogP contribution in [-0.2, 0) is 6.54 Å². The van der Waals surface area contributed by atoms with Crippen molar-refractivity contribution in [2.75, 3.05) is 5.32 Å². The summed E-state index contributed by atoms with van der Waals surface area (Å²) in [5, 5.41) is 4.60. The van der Waals surface area contributed by atoms with Crippen LogP contribution in [0.3, 0.4) is 0 Å². The zero-order valence-electron chi connectivity index (χ0n) is 11.2. The first kappa shape index (κ1) is 12.6. The highest BCUT2D eigenvalue weighted by molar-refractivity contribution is 7.18. The first-order chi connectivity index (χ1) is 9.15. The van der Waals surface area contributed by atoms with Crippen LogP contribution in [-0.4, -0.2) is 9.97 Å². The van der Waals surface area contributed by atoms with Crippen LogP contribution in [0.15, 0.2) is 18.5 Å². The van der Waals surface area contributed by atoms with E-state index in [1.807, 2.05) is 11.3 Å². The number of rotatable bonds is 3. The zero-order valence-corrected chi connectivity index (χ0v) is 12.8. The Morgan fingerprint density at radius 2 is 1.95 bits per heavy atom. The van der Waals surface area contributed by atoms with Gasteiger partial charge in [-0.15, -0.1) is 22.7 Å². The van der Waals surface area contributed by atoms with E-state index in [2.05, 4.69) is 48.2 Å². The summed E-state index contributed by atoms with van der Waals surface area (Å²) in [6.07, 6.45) is 1.64. The molecule has 0 saturated carbocycles. The molecule has 0 amide bonds. The minimum atomic E-state index is 0.818. The molecule has 0 bridgehead atoms. The van der Waals surface area contributed by atoms with Gasteiger partial charge in [0.2, 0.25) is 0 Å². The van der Waals surface area contributed by atoms with Gasteiger partial charge >= 0.3 is 0 Å². The summed E-state index contributed by atoms with van der Waals surface area (Å²) in [6, 6.07) is 4.31. The third kappa shape index (κ3) is 2.35. The lowest BCUT2D eigenvalue weighted by Crippen LogP contribution is -2.00. The molecule has 3 nitrogen and oxygen atoms in total. The molecular formula is C14H15N3S2. The Balaban J connectivity index is 1.92. The van der Waals surface area contributed by atoms with Gasteiger partial charge in [0.15, 0.2) is 0 Å². The molecule has 0 atom stereocenters. The highest BCUT2D eigenvalue weighted by Gasteiger charge is 2.11. The van der Waals surface area contributed by atoms with Crippen molar-refractivity contribution in [2.45, 2.75) is 27.3 Å². The van der Waals surface area contributed by atoms with E-state index in [0.29, 0.717) is 0 Å². The Morgan fingerprint density at radius 3 is 2.68 bits per heavy atom. The van der Waals surface area contributed by atoms with Crippen LogP contribution in [0.4, 0.5) is 5.82 Å². The molecule has 19 heavy (non-hydrogen) atoms. The van der Waals surface area contributed by atoms with Crippen molar-refractivity contribution >= 4 is 38.7 Å². The minimum Gasteiger partial charge on any atom is -0.365 e. The number of aryl methyl sites for hydroxylation is 3. The van der Waals surface area contributed by atoms with E-state index >= 15 is 0 Å². The Labute approximate surface area is 120 Å². The van der Waals surface area contributed by atoms with Crippen LogP contribution in [0.2, 0.25) is 0 Å². The smallest absolute Gasteiger partial charge is 0.138 e. The molecular weight excluding hydrogens is 274 g/mol. The standard InChI is InChI=1S/C14H15N3S2/c1-8-4-5-11(18-8)6-15-13-12-9(2)10(3)19-14(12)17-7-16-13/h4-5,7H,6H2,1-3H3,(H,15,16,17). The molecule has 3 aromatic rings. The Bertz CT molecular complexity index is 727. The van der Waals surface area contributed by atoms with E-state index in [0.717, 1.165) is 17.2 Å². The molecule has 0 aliphatic heterocycles. The van der Waals surface area contributed by atoms with Crippen LogP contribution < -0.4 is 5.32 Å². The molecule has 0 aromatic carbocycles. The molecule has 1 N–H and O–H groups in total. The van der Waals surface area contributed by atoms with E-state index < -0.39 is 0 Å². The molecule has 5 heteroatoms. The van der Waals surface area contributed by atoms with Gasteiger partial charge in [0.25, 0.3) is 0 Å². The monoisotopic (exact) mass is 289 g/mol. The number of nitrogens with one attached hydrogen (secondary N) is 1. The maximum Gasteiger partial charge on any atom is 0.138 e. The second kappa shape index (κ2) is 4.90. The van der Waals surface area contributed by atoms with E-state index in [1.54, 1.807) is 17.7 Å². The largest absolute Gasteiger partial charge is 0.365 e. The highest BCUT2D eigenvalue weighted by Crippen LogP contribution is 2.32. The number of hydrogen-bond acceptors (Lipinski definition) is 5. The SMILES string of the molecule is Cc1ccc(CNc2ncnc3sc(C)c(C)c23)s1. The van der Waals surface area contributed by atoms with E-state index in [4.69, 9.17) is 0 Å². The van der Waals surface area contributed by atoms with Gasteiger partial charge in [0, 0.05) is 14.6 Å². The van der Waals surface area contributed by atoms with Gasteiger partial charge in [-0.05, 0) is 38.5 Å². The molecule has 0 unspecified atom stereocenters. The molecule has 0 aliphatic rings. The number of nitrogens with zero attached hydrogens (tertiary/aromatic N) is 2. The first-order valence-electron chi connectivity index (χ1n) is 6.15. The summed E-state index contributed by atoms with van der Waals surface area (Å²) >= 11 is 3.55. The van der Waals surface area contributed by atoms with Crippen molar-refractivity contribution in [1.82, 2.24) is 9.97 Å². The number of anilines is 1.